The van der Waals surface area contributed by atoms with Crippen LogP contribution >= 0.6 is 0 Å². The normalized spacial score (nSPS) is 11.3. The van der Waals surface area contributed by atoms with Crippen LogP contribution in [0.1, 0.15) is 32.6 Å². The van der Waals surface area contributed by atoms with Crippen LogP contribution in [0.25, 0.3) is 0 Å². The van der Waals surface area contributed by atoms with Crippen molar-refractivity contribution in [3.8, 4) is 0 Å². The molecule has 0 heterocycles. The molecule has 0 atom stereocenters. The number of hydrogen-bond donors (Lipinski definition) is 0. The SMILES string of the molecule is CCC(CCCC([N+](=O)[O-])[N+](=O)[O-])([N+](=O)[O-])[N+](=O)[O-]. The largest absolute Gasteiger partial charge is 0.458 e. The maximum absolute atomic E-state index is 10.7. The highest BCUT2D eigenvalue weighted by Gasteiger charge is 2.53. The van der Waals surface area contributed by atoms with E-state index in [0.29, 0.717) is 0 Å². The van der Waals surface area contributed by atoms with Gasteiger partial charge in [-0.25, -0.2) is 0 Å². The average molecular weight is 280 g/mol. The molecule has 12 nitrogen and oxygen atoms in total. The van der Waals surface area contributed by atoms with E-state index in [4.69, 9.17) is 0 Å². The standard InChI is InChI=1S/C7H12N4O8/c1-2-7(10(16)17,11(18)19)5-3-4-6(8(12)13)9(14)15/h6H,2-5H2,1H3. The van der Waals surface area contributed by atoms with Crippen LogP contribution < -0.4 is 0 Å². The molecule has 0 fully saturated rings. The van der Waals surface area contributed by atoms with Gasteiger partial charge in [-0.2, -0.15) is 0 Å². The Morgan fingerprint density at radius 1 is 0.947 bits per heavy atom. The van der Waals surface area contributed by atoms with Crippen molar-refractivity contribution < 1.29 is 19.7 Å². The summed E-state index contributed by atoms with van der Waals surface area (Å²) in [5, 5.41) is 42.1. The Kier molecular flexibility index (Phi) is 5.69. The third kappa shape index (κ3) is 3.79. The third-order valence-electron chi connectivity index (χ3n) is 2.77. The summed E-state index contributed by atoms with van der Waals surface area (Å²) in [5.41, 5.74) is -2.45. The van der Waals surface area contributed by atoms with Gasteiger partial charge >= 0.3 is 11.8 Å². The van der Waals surface area contributed by atoms with Crippen molar-refractivity contribution in [1.82, 2.24) is 0 Å². The molecular weight excluding hydrogens is 268 g/mol. The zero-order valence-electron chi connectivity index (χ0n) is 9.96. The van der Waals surface area contributed by atoms with Crippen molar-refractivity contribution in [2.75, 3.05) is 0 Å². The van der Waals surface area contributed by atoms with E-state index in [-0.39, 0.29) is 6.42 Å². The first-order valence-electron chi connectivity index (χ1n) is 5.25. The van der Waals surface area contributed by atoms with Crippen molar-refractivity contribution in [3.05, 3.63) is 40.5 Å². The van der Waals surface area contributed by atoms with Gasteiger partial charge in [0.1, 0.15) is 0 Å². The van der Waals surface area contributed by atoms with Crippen molar-refractivity contribution in [3.63, 3.8) is 0 Å². The van der Waals surface area contributed by atoms with Crippen LogP contribution in [0.5, 0.6) is 0 Å². The van der Waals surface area contributed by atoms with E-state index in [9.17, 15) is 40.5 Å². The van der Waals surface area contributed by atoms with Gasteiger partial charge in [-0.05, 0) is 6.42 Å². The van der Waals surface area contributed by atoms with Gasteiger partial charge in [0, 0.05) is 0 Å². The predicted molar refractivity (Wildman–Crippen MR) is 58.6 cm³/mol. The molecular formula is C7H12N4O8. The zero-order chi connectivity index (χ0) is 15.2. The van der Waals surface area contributed by atoms with Crippen molar-refractivity contribution >= 4 is 0 Å². The molecule has 0 aromatic carbocycles. The lowest BCUT2D eigenvalue weighted by molar-refractivity contribution is -0.798. The van der Waals surface area contributed by atoms with Gasteiger partial charge in [-0.3, -0.25) is 40.5 Å². The van der Waals surface area contributed by atoms with Gasteiger partial charge in [0.2, 0.25) is 0 Å². The molecule has 0 aliphatic heterocycles. The van der Waals surface area contributed by atoms with Crippen molar-refractivity contribution in [1.29, 1.82) is 0 Å². The van der Waals surface area contributed by atoms with E-state index >= 15 is 0 Å². The molecule has 0 aromatic heterocycles. The molecule has 0 rings (SSSR count). The summed E-state index contributed by atoms with van der Waals surface area (Å²) in [6, 6.07) is 0. The highest BCUT2D eigenvalue weighted by Crippen LogP contribution is 2.24. The minimum Gasteiger partial charge on any atom is -0.259 e. The van der Waals surface area contributed by atoms with Crippen molar-refractivity contribution in [2.45, 2.75) is 44.4 Å². The number of nitro groups is 4. The summed E-state index contributed by atoms with van der Waals surface area (Å²) in [6.45, 7) is 1.24. The molecule has 0 saturated carbocycles. The van der Waals surface area contributed by atoms with Crippen LogP contribution in [0.3, 0.4) is 0 Å². The second kappa shape index (κ2) is 6.51. The van der Waals surface area contributed by atoms with E-state index in [1.807, 2.05) is 0 Å². The lowest BCUT2D eigenvalue weighted by atomic mass is 10.0. The van der Waals surface area contributed by atoms with Crippen LogP contribution in [0.4, 0.5) is 0 Å². The monoisotopic (exact) mass is 280 g/mol. The fraction of sp³-hybridized carbons (Fsp3) is 1.00. The van der Waals surface area contributed by atoms with Crippen LogP contribution in [-0.4, -0.2) is 31.5 Å². The summed E-state index contributed by atoms with van der Waals surface area (Å²) in [5.74, 6) is 0. The molecule has 0 amide bonds. The number of hydrogen-bond acceptors (Lipinski definition) is 8. The molecule has 0 radical (unpaired) electrons. The van der Waals surface area contributed by atoms with Gasteiger partial charge in [0.15, 0.2) is 0 Å². The van der Waals surface area contributed by atoms with E-state index in [2.05, 4.69) is 0 Å². The summed E-state index contributed by atoms with van der Waals surface area (Å²) < 4.78 is 0. The Bertz CT molecular complexity index is 369. The first kappa shape index (κ1) is 16.6. The van der Waals surface area contributed by atoms with E-state index in [1.165, 1.54) is 6.92 Å². The van der Waals surface area contributed by atoms with Crippen molar-refractivity contribution in [2.24, 2.45) is 0 Å². The van der Waals surface area contributed by atoms with E-state index in [0.717, 1.165) is 0 Å². The first-order valence-corrected chi connectivity index (χ1v) is 5.25. The highest BCUT2D eigenvalue weighted by atomic mass is 16.7. The van der Waals surface area contributed by atoms with Crippen LogP contribution in [0.2, 0.25) is 0 Å². The van der Waals surface area contributed by atoms with E-state index < -0.39 is 50.8 Å². The average Bonchev–Trinajstić information content (AvgIpc) is 2.27. The van der Waals surface area contributed by atoms with Crippen LogP contribution in [-0.2, 0) is 0 Å². The molecule has 0 aromatic rings. The highest BCUT2D eigenvalue weighted by molar-refractivity contribution is 4.65. The second-order valence-electron chi connectivity index (χ2n) is 3.79. The number of rotatable bonds is 9. The fourth-order valence-corrected chi connectivity index (χ4v) is 1.54. The minimum atomic E-state index is -2.45. The maximum Gasteiger partial charge on any atom is 0.458 e. The van der Waals surface area contributed by atoms with E-state index in [1.54, 1.807) is 0 Å². The zero-order valence-corrected chi connectivity index (χ0v) is 9.96. The van der Waals surface area contributed by atoms with Gasteiger partial charge in [-0.15, -0.1) is 0 Å². The molecule has 12 heteroatoms. The van der Waals surface area contributed by atoms with Crippen LogP contribution in [0, 0.1) is 40.5 Å². The van der Waals surface area contributed by atoms with Gasteiger partial charge in [0.25, 0.3) is 0 Å². The third-order valence-corrected chi connectivity index (χ3v) is 2.77. The summed E-state index contributed by atoms with van der Waals surface area (Å²) in [6.07, 6.45) is -4.06. The summed E-state index contributed by atoms with van der Waals surface area (Å²) in [7, 11) is 0. The first-order chi connectivity index (χ1) is 8.69. The van der Waals surface area contributed by atoms with Gasteiger partial charge < -0.3 is 0 Å². The summed E-state index contributed by atoms with van der Waals surface area (Å²) in [4.78, 5) is 37.7. The van der Waals surface area contributed by atoms with Gasteiger partial charge in [-0.1, -0.05) is 6.92 Å². The number of nitrogens with zero attached hydrogens (tertiary/aromatic N) is 4. The van der Waals surface area contributed by atoms with Crippen LogP contribution in [0.15, 0.2) is 0 Å². The molecule has 19 heavy (non-hydrogen) atoms. The Labute approximate surface area is 106 Å². The maximum atomic E-state index is 10.7. The minimum absolute atomic E-state index is 0.359. The quantitative estimate of drug-likeness (QED) is 0.337. The predicted octanol–water partition coefficient (Wildman–Crippen LogP) is 0.696. The van der Waals surface area contributed by atoms with Gasteiger partial charge in [0.05, 0.1) is 39.0 Å². The molecule has 0 aliphatic rings. The molecule has 0 saturated heterocycles. The topological polar surface area (TPSA) is 173 Å². The molecule has 108 valence electrons. The Balaban J connectivity index is 4.76. The smallest absolute Gasteiger partial charge is 0.259 e. The molecule has 0 bridgehead atoms. The lowest BCUT2D eigenvalue weighted by Gasteiger charge is -2.14. The summed E-state index contributed by atoms with van der Waals surface area (Å²) >= 11 is 0. The Hall–Kier alpha value is -2.40. The molecule has 0 N–H and O–H groups in total. The Morgan fingerprint density at radius 2 is 1.37 bits per heavy atom. The Morgan fingerprint density at radius 3 is 1.63 bits per heavy atom. The molecule has 0 unspecified atom stereocenters. The molecule has 0 spiro atoms. The second-order valence-corrected chi connectivity index (χ2v) is 3.79. The fourth-order valence-electron chi connectivity index (χ4n) is 1.54. The molecule has 0 aliphatic carbocycles. The lowest BCUT2D eigenvalue weighted by Crippen LogP contribution is -2.46.